The van der Waals surface area contributed by atoms with Crippen LogP contribution in [0.1, 0.15) is 0 Å². The fourth-order valence-electron chi connectivity index (χ4n) is 2.72. The van der Waals surface area contributed by atoms with Crippen molar-refractivity contribution < 1.29 is 9.18 Å². The Bertz CT molecular complexity index is 1030. The molecule has 25 heavy (non-hydrogen) atoms. The van der Waals surface area contributed by atoms with Crippen molar-refractivity contribution in [3.05, 3.63) is 72.7 Å². The van der Waals surface area contributed by atoms with Crippen molar-refractivity contribution in [2.45, 2.75) is 0 Å². The van der Waals surface area contributed by atoms with Gasteiger partial charge in [0.15, 0.2) is 0 Å². The van der Waals surface area contributed by atoms with Gasteiger partial charge in [-0.1, -0.05) is 6.07 Å². The molecule has 0 aliphatic heterocycles. The van der Waals surface area contributed by atoms with Crippen molar-refractivity contribution in [1.82, 2.24) is 15.2 Å². The maximum atomic E-state index is 13.2. The monoisotopic (exact) mass is 332 g/mol. The van der Waals surface area contributed by atoms with E-state index in [1.54, 1.807) is 30.5 Å². The minimum atomic E-state index is -0.299. The van der Waals surface area contributed by atoms with Gasteiger partial charge < -0.3 is 0 Å². The Morgan fingerprint density at radius 3 is 2.60 bits per heavy atom. The summed E-state index contributed by atoms with van der Waals surface area (Å²) in [5, 5.41) is 8.12. The number of rotatable bonds is 4. The van der Waals surface area contributed by atoms with Gasteiger partial charge in [-0.3, -0.25) is 14.8 Å². The highest BCUT2D eigenvalue weighted by Gasteiger charge is 2.13. The molecule has 0 aliphatic rings. The largest absolute Gasteiger partial charge is 0.278 e. The number of aromatic nitrogens is 3. The Morgan fingerprint density at radius 2 is 1.88 bits per heavy atom. The summed E-state index contributed by atoms with van der Waals surface area (Å²) in [7, 11) is 0. The van der Waals surface area contributed by atoms with Gasteiger partial charge in [0, 0.05) is 17.1 Å². The third-order valence-corrected chi connectivity index (χ3v) is 3.94. The summed E-state index contributed by atoms with van der Waals surface area (Å²) in [6, 6.07) is 17.0. The van der Waals surface area contributed by atoms with Gasteiger partial charge in [-0.15, -0.1) is 0 Å². The van der Waals surface area contributed by atoms with Crippen molar-refractivity contribution in [1.29, 1.82) is 0 Å². The number of carbonyl (C=O) groups is 1. The molecule has 0 saturated carbocycles. The first-order valence-corrected chi connectivity index (χ1v) is 7.66. The lowest BCUT2D eigenvalue weighted by molar-refractivity contribution is -0.106. The van der Waals surface area contributed by atoms with Crippen LogP contribution in [0.2, 0.25) is 0 Å². The van der Waals surface area contributed by atoms with Gasteiger partial charge in [0.05, 0.1) is 16.9 Å². The molecule has 0 aliphatic carbocycles. The number of benzene rings is 2. The van der Waals surface area contributed by atoms with Crippen LogP contribution < -0.4 is 4.90 Å². The molecule has 122 valence electrons. The number of fused-ring (bicyclic) bond motifs is 1. The average Bonchev–Trinajstić information content (AvgIpc) is 3.07. The summed E-state index contributed by atoms with van der Waals surface area (Å²) < 4.78 is 13.2. The minimum Gasteiger partial charge on any atom is -0.278 e. The molecule has 4 rings (SSSR count). The van der Waals surface area contributed by atoms with Crippen LogP contribution in [0.15, 0.2) is 66.9 Å². The first-order valence-electron chi connectivity index (χ1n) is 7.66. The number of aromatic amines is 1. The van der Waals surface area contributed by atoms with Crippen LogP contribution in [0.3, 0.4) is 0 Å². The molecule has 2 heterocycles. The predicted octanol–water partition coefficient (Wildman–Crippen LogP) is 4.06. The van der Waals surface area contributed by atoms with E-state index in [4.69, 9.17) is 0 Å². The SMILES string of the molecule is O=CN(c1ccc2[nH]nc(-c3ccc(F)cc3)c2c1)c1ccccn1. The quantitative estimate of drug-likeness (QED) is 0.573. The third kappa shape index (κ3) is 2.74. The lowest BCUT2D eigenvalue weighted by Gasteiger charge is -2.16. The van der Waals surface area contributed by atoms with Crippen LogP contribution in [0.4, 0.5) is 15.9 Å². The number of nitrogens with one attached hydrogen (secondary N) is 1. The van der Waals surface area contributed by atoms with Gasteiger partial charge in [0.2, 0.25) is 6.41 Å². The summed E-state index contributed by atoms with van der Waals surface area (Å²) in [6.07, 6.45) is 2.35. The van der Waals surface area contributed by atoms with Gasteiger partial charge in [-0.05, 0) is 54.6 Å². The fraction of sp³-hybridized carbons (Fsp3) is 0. The van der Waals surface area contributed by atoms with E-state index >= 15 is 0 Å². The lowest BCUT2D eigenvalue weighted by Crippen LogP contribution is -2.15. The van der Waals surface area contributed by atoms with E-state index in [-0.39, 0.29) is 5.82 Å². The van der Waals surface area contributed by atoms with Gasteiger partial charge in [-0.25, -0.2) is 9.37 Å². The van der Waals surface area contributed by atoms with Crippen molar-refractivity contribution in [3.8, 4) is 11.3 Å². The molecule has 0 spiro atoms. The molecule has 2 aromatic carbocycles. The van der Waals surface area contributed by atoms with Crippen molar-refractivity contribution >= 4 is 28.8 Å². The van der Waals surface area contributed by atoms with Crippen molar-refractivity contribution in [3.63, 3.8) is 0 Å². The van der Waals surface area contributed by atoms with Gasteiger partial charge in [0.1, 0.15) is 11.6 Å². The average molecular weight is 332 g/mol. The zero-order valence-corrected chi connectivity index (χ0v) is 13.1. The first kappa shape index (κ1) is 15.0. The van der Waals surface area contributed by atoms with E-state index in [1.165, 1.54) is 17.0 Å². The third-order valence-electron chi connectivity index (χ3n) is 3.94. The maximum Gasteiger partial charge on any atom is 0.219 e. The summed E-state index contributed by atoms with van der Waals surface area (Å²) in [4.78, 5) is 17.3. The second kappa shape index (κ2) is 6.16. The van der Waals surface area contributed by atoms with E-state index in [0.717, 1.165) is 22.9 Å². The van der Waals surface area contributed by atoms with Crippen LogP contribution >= 0.6 is 0 Å². The number of pyridine rings is 1. The highest BCUT2D eigenvalue weighted by atomic mass is 19.1. The molecule has 1 amide bonds. The summed E-state index contributed by atoms with van der Waals surface area (Å²) in [5.74, 6) is 0.232. The fourth-order valence-corrected chi connectivity index (χ4v) is 2.72. The molecule has 0 fully saturated rings. The Hall–Kier alpha value is -3.54. The molecular formula is C19H13FN4O. The van der Waals surface area contributed by atoms with Gasteiger partial charge in [0.25, 0.3) is 0 Å². The number of nitrogens with zero attached hydrogens (tertiary/aromatic N) is 3. The number of halogens is 1. The van der Waals surface area contributed by atoms with Crippen molar-refractivity contribution in [2.24, 2.45) is 0 Å². The smallest absolute Gasteiger partial charge is 0.219 e. The highest BCUT2D eigenvalue weighted by Crippen LogP contribution is 2.31. The Balaban J connectivity index is 1.83. The van der Waals surface area contributed by atoms with E-state index in [1.807, 2.05) is 24.3 Å². The number of hydrogen-bond acceptors (Lipinski definition) is 3. The molecule has 5 nitrogen and oxygen atoms in total. The van der Waals surface area contributed by atoms with Gasteiger partial charge >= 0.3 is 0 Å². The van der Waals surface area contributed by atoms with Crippen LogP contribution in [0.25, 0.3) is 22.2 Å². The number of amides is 1. The number of anilines is 2. The summed E-state index contributed by atoms with van der Waals surface area (Å²) >= 11 is 0. The Kier molecular flexibility index (Phi) is 3.70. The standard InChI is InChI=1S/C19H13FN4O/c20-14-6-4-13(5-7-14)19-16-11-15(8-9-17(16)22-23-19)24(12-25)18-3-1-2-10-21-18/h1-12H,(H,22,23). The summed E-state index contributed by atoms with van der Waals surface area (Å²) in [5.41, 5.74) is 2.99. The predicted molar refractivity (Wildman–Crippen MR) is 93.9 cm³/mol. The zero-order valence-electron chi connectivity index (χ0n) is 13.1. The molecule has 6 heteroatoms. The van der Waals surface area contributed by atoms with Crippen LogP contribution in [0.5, 0.6) is 0 Å². The van der Waals surface area contributed by atoms with E-state index < -0.39 is 0 Å². The van der Waals surface area contributed by atoms with Crippen molar-refractivity contribution in [2.75, 3.05) is 4.90 Å². The molecule has 0 saturated heterocycles. The molecule has 2 aromatic heterocycles. The second-order valence-corrected chi connectivity index (χ2v) is 5.47. The molecular weight excluding hydrogens is 319 g/mol. The van der Waals surface area contributed by atoms with Gasteiger partial charge in [-0.2, -0.15) is 5.10 Å². The van der Waals surface area contributed by atoms with E-state index in [0.29, 0.717) is 17.2 Å². The number of hydrogen-bond donors (Lipinski definition) is 1. The van der Waals surface area contributed by atoms with Crippen LogP contribution in [-0.2, 0) is 4.79 Å². The molecule has 0 unspecified atom stereocenters. The van der Waals surface area contributed by atoms with E-state index in [9.17, 15) is 9.18 Å². The topological polar surface area (TPSA) is 61.9 Å². The highest BCUT2D eigenvalue weighted by molar-refractivity contribution is 5.97. The lowest BCUT2D eigenvalue weighted by atomic mass is 10.1. The molecule has 4 aromatic rings. The molecule has 1 N–H and O–H groups in total. The normalized spacial score (nSPS) is 10.8. The molecule has 0 bridgehead atoms. The molecule has 0 radical (unpaired) electrons. The second-order valence-electron chi connectivity index (χ2n) is 5.47. The number of H-pyrrole nitrogens is 1. The maximum absolute atomic E-state index is 13.2. The minimum absolute atomic E-state index is 0.299. The molecule has 0 atom stereocenters. The first-order chi connectivity index (χ1) is 12.3. The Morgan fingerprint density at radius 1 is 1.04 bits per heavy atom. The number of carbonyl (C=O) groups excluding carboxylic acids is 1. The van der Waals surface area contributed by atoms with Crippen LogP contribution in [0, 0.1) is 5.82 Å². The summed E-state index contributed by atoms with van der Waals surface area (Å²) in [6.45, 7) is 0. The van der Waals surface area contributed by atoms with Crippen LogP contribution in [-0.4, -0.2) is 21.6 Å². The Labute approximate surface area is 142 Å². The zero-order chi connectivity index (χ0) is 17.2. The van der Waals surface area contributed by atoms with E-state index in [2.05, 4.69) is 15.2 Å².